The van der Waals surface area contributed by atoms with Gasteiger partial charge in [0, 0.05) is 41.1 Å². The van der Waals surface area contributed by atoms with Gasteiger partial charge in [0.1, 0.15) is 0 Å². The molecule has 3 nitrogen and oxygen atoms in total. The summed E-state index contributed by atoms with van der Waals surface area (Å²) in [5.74, 6) is 0.360. The molecular formula is C16H22BrClN2O. The highest BCUT2D eigenvalue weighted by molar-refractivity contribution is 9.10. The first-order valence-electron chi connectivity index (χ1n) is 7.43. The molecule has 116 valence electrons. The number of halogens is 2. The van der Waals surface area contributed by atoms with Gasteiger partial charge in [0.25, 0.3) is 0 Å². The minimum absolute atomic E-state index is 0.0926. The lowest BCUT2D eigenvalue weighted by atomic mass is 10.0. The van der Waals surface area contributed by atoms with Crippen molar-refractivity contribution in [1.29, 1.82) is 0 Å². The van der Waals surface area contributed by atoms with Crippen molar-refractivity contribution in [1.82, 2.24) is 10.2 Å². The Morgan fingerprint density at radius 1 is 1.43 bits per heavy atom. The molecule has 0 unspecified atom stereocenters. The Morgan fingerprint density at radius 2 is 2.10 bits per heavy atom. The molecule has 0 aromatic heterocycles. The summed E-state index contributed by atoms with van der Waals surface area (Å²) >= 11 is 9.67. The molecule has 1 aliphatic heterocycles. The summed E-state index contributed by atoms with van der Waals surface area (Å²) in [5.41, 5.74) is 1.10. The second-order valence-corrected chi connectivity index (χ2v) is 7.19. The second-order valence-electron chi connectivity index (χ2n) is 5.87. The highest BCUT2D eigenvalue weighted by Gasteiger charge is 2.23. The van der Waals surface area contributed by atoms with Gasteiger partial charge in [-0.05, 0) is 36.6 Å². The Kier molecular flexibility index (Phi) is 6.08. The third kappa shape index (κ3) is 4.70. The van der Waals surface area contributed by atoms with E-state index in [-0.39, 0.29) is 11.8 Å². The number of nitrogens with zero attached hydrogens (tertiary/aromatic N) is 1. The summed E-state index contributed by atoms with van der Waals surface area (Å²) < 4.78 is 1.04. The van der Waals surface area contributed by atoms with Gasteiger partial charge in [0.15, 0.2) is 0 Å². The Morgan fingerprint density at radius 3 is 2.71 bits per heavy atom. The number of likely N-dealkylation sites (tertiary alicyclic amines) is 1. The number of benzene rings is 1. The molecule has 1 heterocycles. The zero-order valence-electron chi connectivity index (χ0n) is 12.5. The maximum absolute atomic E-state index is 11.9. The standard InChI is InChI=1S/C16H22BrClN2O/c1-11(2)16(21)20-7-5-14(6-8-20)19-10-12-9-13(17)3-4-15(12)18/h3-4,9,11,14,19H,5-8,10H2,1-2H3. The fourth-order valence-electron chi connectivity index (χ4n) is 2.60. The van der Waals surface area contributed by atoms with Crippen LogP contribution in [0.2, 0.25) is 5.02 Å². The van der Waals surface area contributed by atoms with Crippen LogP contribution in [0.15, 0.2) is 22.7 Å². The first-order valence-corrected chi connectivity index (χ1v) is 8.60. The van der Waals surface area contributed by atoms with Crippen LogP contribution in [-0.4, -0.2) is 29.9 Å². The van der Waals surface area contributed by atoms with E-state index in [9.17, 15) is 4.79 Å². The van der Waals surface area contributed by atoms with Gasteiger partial charge in [0.2, 0.25) is 5.91 Å². The Labute approximate surface area is 140 Å². The summed E-state index contributed by atoms with van der Waals surface area (Å²) in [6, 6.07) is 6.36. The van der Waals surface area contributed by atoms with E-state index in [1.165, 1.54) is 0 Å². The predicted octanol–water partition coefficient (Wildman–Crippen LogP) is 3.84. The van der Waals surface area contributed by atoms with E-state index < -0.39 is 0 Å². The fourth-order valence-corrected chi connectivity index (χ4v) is 3.20. The van der Waals surface area contributed by atoms with Crippen molar-refractivity contribution in [2.45, 2.75) is 39.3 Å². The van der Waals surface area contributed by atoms with Gasteiger partial charge in [-0.3, -0.25) is 4.79 Å². The molecule has 0 saturated carbocycles. The first kappa shape index (κ1) is 16.8. The highest BCUT2D eigenvalue weighted by Crippen LogP contribution is 2.21. The molecule has 0 radical (unpaired) electrons. The van der Waals surface area contributed by atoms with Crippen molar-refractivity contribution >= 4 is 33.4 Å². The number of hydrogen-bond acceptors (Lipinski definition) is 2. The zero-order valence-corrected chi connectivity index (χ0v) is 14.9. The lowest BCUT2D eigenvalue weighted by Crippen LogP contribution is -2.46. The molecule has 2 rings (SSSR count). The maximum Gasteiger partial charge on any atom is 0.225 e. The van der Waals surface area contributed by atoms with E-state index in [4.69, 9.17) is 11.6 Å². The minimum Gasteiger partial charge on any atom is -0.342 e. The van der Waals surface area contributed by atoms with Crippen LogP contribution >= 0.6 is 27.5 Å². The Hall–Kier alpha value is -0.580. The van der Waals surface area contributed by atoms with Gasteiger partial charge in [-0.1, -0.05) is 41.4 Å². The molecule has 0 atom stereocenters. The van der Waals surface area contributed by atoms with E-state index in [1.807, 2.05) is 36.9 Å². The molecule has 0 bridgehead atoms. The van der Waals surface area contributed by atoms with Crippen molar-refractivity contribution in [3.05, 3.63) is 33.3 Å². The largest absolute Gasteiger partial charge is 0.342 e. The number of carbonyl (C=O) groups is 1. The lowest BCUT2D eigenvalue weighted by molar-refractivity contribution is -0.135. The van der Waals surface area contributed by atoms with Gasteiger partial charge in [0.05, 0.1) is 0 Å². The number of hydrogen-bond donors (Lipinski definition) is 1. The monoisotopic (exact) mass is 372 g/mol. The Bertz CT molecular complexity index is 499. The average molecular weight is 374 g/mol. The third-order valence-corrected chi connectivity index (χ3v) is 4.75. The van der Waals surface area contributed by atoms with Crippen LogP contribution in [0.1, 0.15) is 32.3 Å². The van der Waals surface area contributed by atoms with Crippen molar-refractivity contribution < 1.29 is 4.79 Å². The molecule has 1 aliphatic rings. The van der Waals surface area contributed by atoms with Crippen molar-refractivity contribution in [3.8, 4) is 0 Å². The van der Waals surface area contributed by atoms with Crippen LogP contribution < -0.4 is 5.32 Å². The predicted molar refractivity (Wildman–Crippen MR) is 90.4 cm³/mol. The number of carbonyl (C=O) groups excluding carboxylic acids is 1. The van der Waals surface area contributed by atoms with Crippen molar-refractivity contribution in [2.24, 2.45) is 5.92 Å². The molecule has 0 spiro atoms. The SMILES string of the molecule is CC(C)C(=O)N1CCC(NCc2cc(Br)ccc2Cl)CC1. The normalized spacial score (nSPS) is 16.5. The zero-order chi connectivity index (χ0) is 15.4. The van der Waals surface area contributed by atoms with E-state index in [0.717, 1.165) is 47.5 Å². The van der Waals surface area contributed by atoms with Crippen molar-refractivity contribution in [3.63, 3.8) is 0 Å². The number of amides is 1. The number of nitrogens with one attached hydrogen (secondary N) is 1. The first-order chi connectivity index (χ1) is 9.97. The van der Waals surface area contributed by atoms with Crippen LogP contribution in [0.3, 0.4) is 0 Å². The molecule has 21 heavy (non-hydrogen) atoms. The van der Waals surface area contributed by atoms with Gasteiger partial charge in [-0.2, -0.15) is 0 Å². The molecule has 1 saturated heterocycles. The summed E-state index contributed by atoms with van der Waals surface area (Å²) in [6.45, 7) is 6.38. The summed E-state index contributed by atoms with van der Waals surface area (Å²) in [6.07, 6.45) is 2.01. The van der Waals surface area contributed by atoms with Crippen LogP contribution in [0.5, 0.6) is 0 Å². The van der Waals surface area contributed by atoms with E-state index in [1.54, 1.807) is 0 Å². The van der Waals surface area contributed by atoms with E-state index in [0.29, 0.717) is 6.04 Å². The van der Waals surface area contributed by atoms with E-state index in [2.05, 4.69) is 21.2 Å². The van der Waals surface area contributed by atoms with Crippen LogP contribution in [-0.2, 0) is 11.3 Å². The highest BCUT2D eigenvalue weighted by atomic mass is 79.9. The van der Waals surface area contributed by atoms with Gasteiger partial charge >= 0.3 is 0 Å². The summed E-state index contributed by atoms with van der Waals surface area (Å²) in [4.78, 5) is 13.9. The van der Waals surface area contributed by atoms with Gasteiger partial charge in [-0.25, -0.2) is 0 Å². The van der Waals surface area contributed by atoms with Crippen LogP contribution in [0.4, 0.5) is 0 Å². The summed E-state index contributed by atoms with van der Waals surface area (Å²) in [5, 5.41) is 4.34. The molecule has 1 N–H and O–H groups in total. The third-order valence-electron chi connectivity index (χ3n) is 3.89. The quantitative estimate of drug-likeness (QED) is 0.869. The number of rotatable bonds is 4. The van der Waals surface area contributed by atoms with Crippen LogP contribution in [0.25, 0.3) is 0 Å². The minimum atomic E-state index is 0.0926. The molecule has 1 amide bonds. The van der Waals surface area contributed by atoms with E-state index >= 15 is 0 Å². The fraction of sp³-hybridized carbons (Fsp3) is 0.562. The number of piperidine rings is 1. The average Bonchev–Trinajstić information content (AvgIpc) is 2.48. The molecule has 1 aromatic carbocycles. The molecular weight excluding hydrogens is 352 g/mol. The molecule has 1 fully saturated rings. The topological polar surface area (TPSA) is 32.3 Å². The molecule has 0 aliphatic carbocycles. The van der Waals surface area contributed by atoms with Crippen molar-refractivity contribution in [2.75, 3.05) is 13.1 Å². The van der Waals surface area contributed by atoms with Gasteiger partial charge in [-0.15, -0.1) is 0 Å². The summed E-state index contributed by atoms with van der Waals surface area (Å²) in [7, 11) is 0. The Balaban J connectivity index is 1.81. The lowest BCUT2D eigenvalue weighted by Gasteiger charge is -2.33. The molecule has 5 heteroatoms. The van der Waals surface area contributed by atoms with Crippen LogP contribution in [0, 0.1) is 5.92 Å². The molecule has 1 aromatic rings. The maximum atomic E-state index is 11.9. The van der Waals surface area contributed by atoms with Gasteiger partial charge < -0.3 is 10.2 Å². The second kappa shape index (κ2) is 7.61. The smallest absolute Gasteiger partial charge is 0.225 e.